The molecular formula is C13H13F2NO3. The molecule has 102 valence electrons. The van der Waals surface area contributed by atoms with Crippen LogP contribution in [0.25, 0.3) is 0 Å². The molecule has 0 aliphatic carbocycles. The van der Waals surface area contributed by atoms with E-state index < -0.39 is 35.6 Å². The van der Waals surface area contributed by atoms with Crippen molar-refractivity contribution >= 4 is 12.0 Å². The SMILES string of the molecule is C[C@@H]1CC[C@@H](c2cc(F)cc(F)c2)N(C(=O)O)C1=O. The minimum Gasteiger partial charge on any atom is -0.465 e. The normalized spacial score (nSPS) is 23.5. The number of benzene rings is 1. The Morgan fingerprint density at radius 3 is 2.37 bits per heavy atom. The summed E-state index contributed by atoms with van der Waals surface area (Å²) in [5, 5.41) is 9.11. The largest absolute Gasteiger partial charge is 0.465 e. The van der Waals surface area contributed by atoms with E-state index in [-0.39, 0.29) is 5.56 Å². The number of halogens is 2. The average Bonchev–Trinajstić information content (AvgIpc) is 2.30. The van der Waals surface area contributed by atoms with E-state index in [2.05, 4.69) is 0 Å². The van der Waals surface area contributed by atoms with Gasteiger partial charge in [-0.2, -0.15) is 0 Å². The number of likely N-dealkylation sites (tertiary alicyclic amines) is 1. The third kappa shape index (κ3) is 2.57. The second-order valence-corrected chi connectivity index (χ2v) is 4.69. The van der Waals surface area contributed by atoms with Crippen LogP contribution in [0.2, 0.25) is 0 Å². The highest BCUT2D eigenvalue weighted by molar-refractivity contribution is 5.93. The number of carbonyl (C=O) groups excluding carboxylic acids is 1. The van der Waals surface area contributed by atoms with Gasteiger partial charge >= 0.3 is 6.09 Å². The highest BCUT2D eigenvalue weighted by Gasteiger charge is 2.38. The fourth-order valence-corrected chi connectivity index (χ4v) is 2.36. The molecular weight excluding hydrogens is 256 g/mol. The van der Waals surface area contributed by atoms with Gasteiger partial charge in [-0.25, -0.2) is 18.5 Å². The van der Waals surface area contributed by atoms with Crippen LogP contribution in [0.15, 0.2) is 18.2 Å². The van der Waals surface area contributed by atoms with Gasteiger partial charge in [-0.3, -0.25) is 4.79 Å². The van der Waals surface area contributed by atoms with Crippen molar-refractivity contribution in [2.75, 3.05) is 0 Å². The van der Waals surface area contributed by atoms with Crippen LogP contribution in [0, 0.1) is 17.6 Å². The molecule has 0 bridgehead atoms. The average molecular weight is 269 g/mol. The molecule has 0 spiro atoms. The second-order valence-electron chi connectivity index (χ2n) is 4.69. The van der Waals surface area contributed by atoms with Gasteiger partial charge in [-0.05, 0) is 30.5 Å². The molecule has 2 rings (SSSR count). The summed E-state index contributed by atoms with van der Waals surface area (Å²) in [7, 11) is 0. The molecule has 1 N–H and O–H groups in total. The quantitative estimate of drug-likeness (QED) is 0.852. The zero-order valence-electron chi connectivity index (χ0n) is 10.3. The molecule has 0 saturated carbocycles. The monoisotopic (exact) mass is 269 g/mol. The first-order chi connectivity index (χ1) is 8.90. The van der Waals surface area contributed by atoms with Gasteiger partial charge in [0.05, 0.1) is 6.04 Å². The van der Waals surface area contributed by atoms with Crippen molar-refractivity contribution in [1.29, 1.82) is 0 Å². The summed E-state index contributed by atoms with van der Waals surface area (Å²) < 4.78 is 26.4. The zero-order chi connectivity index (χ0) is 14.2. The molecule has 1 aromatic carbocycles. The van der Waals surface area contributed by atoms with Crippen LogP contribution < -0.4 is 0 Å². The Bertz CT molecular complexity index is 512. The van der Waals surface area contributed by atoms with Crippen LogP contribution in [-0.2, 0) is 4.79 Å². The van der Waals surface area contributed by atoms with Crippen LogP contribution in [0.5, 0.6) is 0 Å². The number of hydrogen-bond donors (Lipinski definition) is 1. The smallest absolute Gasteiger partial charge is 0.414 e. The van der Waals surface area contributed by atoms with Gasteiger partial charge < -0.3 is 5.11 Å². The van der Waals surface area contributed by atoms with E-state index in [0.717, 1.165) is 12.1 Å². The van der Waals surface area contributed by atoms with Gasteiger partial charge in [0.1, 0.15) is 11.6 Å². The Hall–Kier alpha value is -1.98. The molecule has 0 radical (unpaired) electrons. The highest BCUT2D eigenvalue weighted by Crippen LogP contribution is 2.34. The summed E-state index contributed by atoms with van der Waals surface area (Å²) in [6, 6.07) is 2.01. The van der Waals surface area contributed by atoms with E-state index >= 15 is 0 Å². The van der Waals surface area contributed by atoms with Crippen molar-refractivity contribution in [1.82, 2.24) is 4.90 Å². The molecule has 1 aromatic rings. The topological polar surface area (TPSA) is 57.6 Å². The van der Waals surface area contributed by atoms with Crippen LogP contribution in [-0.4, -0.2) is 22.0 Å². The van der Waals surface area contributed by atoms with E-state index in [9.17, 15) is 18.4 Å². The Morgan fingerprint density at radius 1 is 1.26 bits per heavy atom. The molecule has 1 fully saturated rings. The first-order valence-corrected chi connectivity index (χ1v) is 5.92. The maximum absolute atomic E-state index is 13.2. The molecule has 6 heteroatoms. The molecule has 2 atom stereocenters. The number of piperidine rings is 1. The fourth-order valence-electron chi connectivity index (χ4n) is 2.36. The second kappa shape index (κ2) is 4.95. The number of carbonyl (C=O) groups is 2. The van der Waals surface area contributed by atoms with E-state index in [4.69, 9.17) is 5.11 Å². The lowest BCUT2D eigenvalue weighted by molar-refractivity contribution is -0.138. The number of rotatable bonds is 1. The number of hydrogen-bond acceptors (Lipinski definition) is 2. The van der Waals surface area contributed by atoms with Gasteiger partial charge in [0.2, 0.25) is 5.91 Å². The number of carboxylic acid groups (broad SMARTS) is 1. The van der Waals surface area contributed by atoms with Crippen molar-refractivity contribution < 1.29 is 23.5 Å². The molecule has 0 aromatic heterocycles. The van der Waals surface area contributed by atoms with Crippen LogP contribution in [0.4, 0.5) is 13.6 Å². The molecule has 1 heterocycles. The third-order valence-corrected chi connectivity index (χ3v) is 3.32. The number of amides is 2. The van der Waals surface area contributed by atoms with Crippen molar-refractivity contribution in [2.24, 2.45) is 5.92 Å². The minimum absolute atomic E-state index is 0.167. The summed E-state index contributed by atoms with van der Waals surface area (Å²) in [4.78, 5) is 23.7. The van der Waals surface area contributed by atoms with Crippen LogP contribution in [0.1, 0.15) is 31.4 Å². The van der Waals surface area contributed by atoms with Crippen molar-refractivity contribution in [2.45, 2.75) is 25.8 Å². The molecule has 19 heavy (non-hydrogen) atoms. The molecule has 1 aliphatic heterocycles. The van der Waals surface area contributed by atoms with Crippen molar-refractivity contribution in [3.63, 3.8) is 0 Å². The third-order valence-electron chi connectivity index (χ3n) is 3.32. The first-order valence-electron chi connectivity index (χ1n) is 5.92. The van der Waals surface area contributed by atoms with Gasteiger partial charge in [0.25, 0.3) is 0 Å². The fraction of sp³-hybridized carbons (Fsp3) is 0.385. The van der Waals surface area contributed by atoms with Crippen molar-refractivity contribution in [3.8, 4) is 0 Å². The Labute approximate surface area is 108 Å². The lowest BCUT2D eigenvalue weighted by atomic mass is 9.89. The standard InChI is InChI=1S/C13H13F2NO3/c1-7-2-3-11(16(12(7)17)13(18)19)8-4-9(14)6-10(15)5-8/h4-7,11H,2-3H2,1H3,(H,18,19)/t7-,11+/m1/s1. The van der Waals surface area contributed by atoms with E-state index in [1.165, 1.54) is 0 Å². The summed E-state index contributed by atoms with van der Waals surface area (Å²) in [5.41, 5.74) is 0.167. The summed E-state index contributed by atoms with van der Waals surface area (Å²) >= 11 is 0. The molecule has 4 nitrogen and oxygen atoms in total. The Kier molecular flexibility index (Phi) is 3.50. The highest BCUT2D eigenvalue weighted by atomic mass is 19.1. The van der Waals surface area contributed by atoms with Gasteiger partial charge in [0, 0.05) is 12.0 Å². The summed E-state index contributed by atoms with van der Waals surface area (Å²) in [6.45, 7) is 1.64. The zero-order valence-corrected chi connectivity index (χ0v) is 10.3. The molecule has 1 aliphatic rings. The lowest BCUT2D eigenvalue weighted by Crippen LogP contribution is -2.45. The predicted octanol–water partition coefficient (Wildman–Crippen LogP) is 2.94. The van der Waals surface area contributed by atoms with Crippen LogP contribution in [0.3, 0.4) is 0 Å². The van der Waals surface area contributed by atoms with E-state index in [1.54, 1.807) is 6.92 Å². The minimum atomic E-state index is -1.40. The number of nitrogens with zero attached hydrogens (tertiary/aromatic N) is 1. The van der Waals surface area contributed by atoms with E-state index in [1.807, 2.05) is 0 Å². The maximum atomic E-state index is 13.2. The summed E-state index contributed by atoms with van der Waals surface area (Å²) in [5.74, 6) is -2.50. The van der Waals surface area contributed by atoms with Gasteiger partial charge in [-0.1, -0.05) is 6.92 Å². The van der Waals surface area contributed by atoms with Crippen molar-refractivity contribution in [3.05, 3.63) is 35.4 Å². The molecule has 1 saturated heterocycles. The lowest BCUT2D eigenvalue weighted by Gasteiger charge is -2.35. The predicted molar refractivity (Wildman–Crippen MR) is 62.4 cm³/mol. The molecule has 2 amide bonds. The maximum Gasteiger partial charge on any atom is 0.414 e. The first kappa shape index (κ1) is 13.5. The summed E-state index contributed by atoms with van der Waals surface area (Å²) in [6.07, 6.45) is -0.542. The Balaban J connectivity index is 2.41. The van der Waals surface area contributed by atoms with Crippen LogP contribution >= 0.6 is 0 Å². The Morgan fingerprint density at radius 2 is 1.84 bits per heavy atom. The van der Waals surface area contributed by atoms with E-state index in [0.29, 0.717) is 23.8 Å². The number of imide groups is 1. The van der Waals surface area contributed by atoms with Gasteiger partial charge in [0.15, 0.2) is 0 Å². The molecule has 0 unspecified atom stereocenters. The van der Waals surface area contributed by atoms with Gasteiger partial charge in [-0.15, -0.1) is 0 Å².